The topological polar surface area (TPSA) is 69.6 Å². The molecule has 0 saturated carbocycles. The molecule has 0 aliphatic carbocycles. The second-order valence-corrected chi connectivity index (χ2v) is 5.20. The normalized spacial score (nSPS) is 11.4. The van der Waals surface area contributed by atoms with Crippen molar-refractivity contribution in [1.29, 1.82) is 0 Å². The van der Waals surface area contributed by atoms with Crippen LogP contribution in [0.1, 0.15) is 19.9 Å². The molecule has 5 nitrogen and oxygen atoms in total. The van der Waals surface area contributed by atoms with E-state index in [0.29, 0.717) is 22.4 Å². The maximum absolute atomic E-state index is 6.32. The smallest absolute Gasteiger partial charge is 0.163 e. The van der Waals surface area contributed by atoms with Crippen molar-refractivity contribution in [3.05, 3.63) is 35.6 Å². The molecule has 0 radical (unpaired) electrons. The SMILES string of the molecule is CC(C)n1c(-c2nccnc2N)nc2cccc(Cl)c21. The number of nitrogens with two attached hydrogens (primary N) is 1. The largest absolute Gasteiger partial charge is 0.382 e. The third-order valence-corrected chi connectivity index (χ3v) is 3.42. The second kappa shape index (κ2) is 4.76. The Labute approximate surface area is 121 Å². The van der Waals surface area contributed by atoms with E-state index in [9.17, 15) is 0 Å². The second-order valence-electron chi connectivity index (χ2n) is 4.80. The Hall–Kier alpha value is -2.14. The van der Waals surface area contributed by atoms with Crippen LogP contribution >= 0.6 is 11.6 Å². The number of imidazole rings is 1. The molecule has 3 rings (SSSR count). The highest BCUT2D eigenvalue weighted by Gasteiger charge is 2.19. The van der Waals surface area contributed by atoms with Crippen LogP contribution in [-0.2, 0) is 0 Å². The van der Waals surface area contributed by atoms with Crippen LogP contribution in [-0.4, -0.2) is 19.5 Å². The van der Waals surface area contributed by atoms with Gasteiger partial charge in [0.1, 0.15) is 5.69 Å². The van der Waals surface area contributed by atoms with E-state index in [1.54, 1.807) is 12.4 Å². The van der Waals surface area contributed by atoms with Crippen LogP contribution in [0.4, 0.5) is 5.82 Å². The van der Waals surface area contributed by atoms with Gasteiger partial charge in [-0.05, 0) is 26.0 Å². The molecule has 0 bridgehead atoms. The average molecular weight is 288 g/mol. The van der Waals surface area contributed by atoms with Gasteiger partial charge in [0, 0.05) is 18.4 Å². The summed E-state index contributed by atoms with van der Waals surface area (Å²) in [6.07, 6.45) is 3.17. The molecule has 1 aromatic carbocycles. The van der Waals surface area contributed by atoms with Gasteiger partial charge in [-0.15, -0.1) is 0 Å². The fraction of sp³-hybridized carbons (Fsp3) is 0.214. The van der Waals surface area contributed by atoms with Crippen LogP contribution in [0.3, 0.4) is 0 Å². The first-order chi connectivity index (χ1) is 9.59. The predicted molar refractivity (Wildman–Crippen MR) is 80.6 cm³/mol. The molecule has 0 aliphatic rings. The minimum Gasteiger partial charge on any atom is -0.382 e. The molecule has 0 fully saturated rings. The number of nitrogen functional groups attached to an aromatic ring is 1. The molecule has 0 atom stereocenters. The van der Waals surface area contributed by atoms with E-state index in [0.717, 1.165) is 11.0 Å². The highest BCUT2D eigenvalue weighted by Crippen LogP contribution is 2.32. The van der Waals surface area contributed by atoms with Crippen molar-refractivity contribution >= 4 is 28.5 Å². The van der Waals surface area contributed by atoms with Gasteiger partial charge in [0.25, 0.3) is 0 Å². The lowest BCUT2D eigenvalue weighted by Crippen LogP contribution is -2.06. The van der Waals surface area contributed by atoms with Crippen molar-refractivity contribution in [2.75, 3.05) is 5.73 Å². The zero-order chi connectivity index (χ0) is 14.3. The van der Waals surface area contributed by atoms with E-state index in [4.69, 9.17) is 17.3 Å². The van der Waals surface area contributed by atoms with Crippen molar-refractivity contribution < 1.29 is 0 Å². The lowest BCUT2D eigenvalue weighted by molar-refractivity contribution is 0.623. The van der Waals surface area contributed by atoms with Crippen molar-refractivity contribution in [3.8, 4) is 11.5 Å². The molecule has 20 heavy (non-hydrogen) atoms. The number of aromatic nitrogens is 4. The highest BCUT2D eigenvalue weighted by atomic mass is 35.5. The van der Waals surface area contributed by atoms with Crippen molar-refractivity contribution in [3.63, 3.8) is 0 Å². The lowest BCUT2D eigenvalue weighted by Gasteiger charge is -2.13. The van der Waals surface area contributed by atoms with Gasteiger partial charge in [0.15, 0.2) is 11.6 Å². The lowest BCUT2D eigenvalue weighted by atomic mass is 10.3. The van der Waals surface area contributed by atoms with E-state index in [1.807, 2.05) is 22.8 Å². The number of fused-ring (bicyclic) bond motifs is 1. The molecule has 0 aliphatic heterocycles. The molecule has 0 saturated heterocycles. The van der Waals surface area contributed by atoms with Crippen LogP contribution in [0.5, 0.6) is 0 Å². The van der Waals surface area contributed by atoms with Gasteiger partial charge in [0.05, 0.1) is 16.1 Å². The summed E-state index contributed by atoms with van der Waals surface area (Å²) < 4.78 is 2.04. The molecule has 2 heterocycles. The van der Waals surface area contributed by atoms with Gasteiger partial charge in [-0.2, -0.15) is 0 Å². The van der Waals surface area contributed by atoms with Gasteiger partial charge in [0.2, 0.25) is 0 Å². The van der Waals surface area contributed by atoms with Gasteiger partial charge < -0.3 is 10.3 Å². The first-order valence-corrected chi connectivity index (χ1v) is 6.70. The molecule has 3 aromatic rings. The van der Waals surface area contributed by atoms with Crippen LogP contribution in [0.25, 0.3) is 22.6 Å². The van der Waals surface area contributed by atoms with Gasteiger partial charge in [-0.25, -0.2) is 15.0 Å². The predicted octanol–water partition coefficient (Wildman–Crippen LogP) is 3.31. The van der Waals surface area contributed by atoms with Crippen LogP contribution in [0, 0.1) is 0 Å². The van der Waals surface area contributed by atoms with E-state index >= 15 is 0 Å². The Morgan fingerprint density at radius 3 is 2.65 bits per heavy atom. The van der Waals surface area contributed by atoms with E-state index in [-0.39, 0.29) is 6.04 Å². The quantitative estimate of drug-likeness (QED) is 0.785. The Morgan fingerprint density at radius 2 is 1.95 bits per heavy atom. The molecule has 102 valence electrons. The van der Waals surface area contributed by atoms with E-state index in [1.165, 1.54) is 0 Å². The fourth-order valence-corrected chi connectivity index (χ4v) is 2.56. The maximum Gasteiger partial charge on any atom is 0.163 e. The van der Waals surface area contributed by atoms with Gasteiger partial charge in [-0.3, -0.25) is 0 Å². The van der Waals surface area contributed by atoms with Crippen LogP contribution in [0.2, 0.25) is 5.02 Å². The minimum atomic E-state index is 0.177. The number of hydrogen-bond donors (Lipinski definition) is 1. The number of anilines is 1. The number of benzene rings is 1. The maximum atomic E-state index is 6.32. The van der Waals surface area contributed by atoms with Gasteiger partial charge >= 0.3 is 0 Å². The van der Waals surface area contributed by atoms with Crippen molar-refractivity contribution in [2.45, 2.75) is 19.9 Å². The third kappa shape index (κ3) is 1.91. The molecular weight excluding hydrogens is 274 g/mol. The number of nitrogens with zero attached hydrogens (tertiary/aromatic N) is 4. The summed E-state index contributed by atoms with van der Waals surface area (Å²) in [5, 5.41) is 0.664. The number of rotatable bonds is 2. The molecular formula is C14H14ClN5. The summed E-state index contributed by atoms with van der Waals surface area (Å²) in [6.45, 7) is 4.14. The van der Waals surface area contributed by atoms with E-state index in [2.05, 4.69) is 28.8 Å². The molecule has 0 spiro atoms. The summed E-state index contributed by atoms with van der Waals surface area (Å²) in [4.78, 5) is 13.0. The van der Waals surface area contributed by atoms with Gasteiger partial charge in [-0.1, -0.05) is 17.7 Å². The van der Waals surface area contributed by atoms with Crippen LogP contribution < -0.4 is 5.73 Å². The molecule has 2 aromatic heterocycles. The summed E-state index contributed by atoms with van der Waals surface area (Å²) in [7, 11) is 0. The number of halogens is 1. The monoisotopic (exact) mass is 287 g/mol. The summed E-state index contributed by atoms with van der Waals surface area (Å²) in [5.41, 5.74) is 8.22. The fourth-order valence-electron chi connectivity index (χ4n) is 2.30. The third-order valence-electron chi connectivity index (χ3n) is 3.12. The standard InChI is InChI=1S/C14H14ClN5/c1-8(2)20-12-9(15)4-3-5-10(12)19-14(20)11-13(16)18-7-6-17-11/h3-8H,1-2H3,(H2,16,18). The van der Waals surface area contributed by atoms with Crippen molar-refractivity contribution in [1.82, 2.24) is 19.5 Å². The van der Waals surface area contributed by atoms with E-state index < -0.39 is 0 Å². The average Bonchev–Trinajstić information content (AvgIpc) is 2.80. The Bertz CT molecular complexity index is 778. The zero-order valence-electron chi connectivity index (χ0n) is 11.2. The van der Waals surface area contributed by atoms with Crippen LogP contribution in [0.15, 0.2) is 30.6 Å². The molecule has 0 unspecified atom stereocenters. The first-order valence-electron chi connectivity index (χ1n) is 6.33. The Balaban J connectivity index is 2.40. The molecule has 2 N–H and O–H groups in total. The summed E-state index contributed by atoms with van der Waals surface area (Å²) >= 11 is 6.32. The highest BCUT2D eigenvalue weighted by molar-refractivity contribution is 6.35. The Morgan fingerprint density at radius 1 is 1.20 bits per heavy atom. The molecule has 0 amide bonds. The Kier molecular flexibility index (Phi) is 3.06. The number of para-hydroxylation sites is 1. The van der Waals surface area contributed by atoms with Crippen molar-refractivity contribution in [2.24, 2.45) is 0 Å². The first kappa shape index (κ1) is 12.9. The minimum absolute atomic E-state index is 0.177. The summed E-state index contributed by atoms with van der Waals surface area (Å²) in [5.74, 6) is 1.05. The summed E-state index contributed by atoms with van der Waals surface area (Å²) in [6, 6.07) is 5.84. The zero-order valence-corrected chi connectivity index (χ0v) is 12.0. The number of hydrogen-bond acceptors (Lipinski definition) is 4. The molecule has 6 heteroatoms.